The van der Waals surface area contributed by atoms with E-state index >= 15 is 0 Å². The number of hydrogen-bond donors (Lipinski definition) is 1. The van der Waals surface area contributed by atoms with Gasteiger partial charge < -0.3 is 5.32 Å². The highest BCUT2D eigenvalue weighted by Crippen LogP contribution is 2.25. The lowest BCUT2D eigenvalue weighted by molar-refractivity contribution is -0.123. The number of carbonyl (C=O) groups is 1. The number of rotatable bonds is 2. The molecule has 0 saturated heterocycles. The highest BCUT2D eigenvalue weighted by atomic mass is 16.2. The van der Waals surface area contributed by atoms with Gasteiger partial charge >= 0.3 is 0 Å². The first kappa shape index (κ1) is 13.7. The van der Waals surface area contributed by atoms with Crippen LogP contribution in [0.4, 0.5) is 5.69 Å². The maximum absolute atomic E-state index is 12.0. The molecule has 1 heterocycles. The first-order valence-electron chi connectivity index (χ1n) is 6.01. The molecule has 0 saturated carbocycles. The van der Waals surface area contributed by atoms with E-state index in [1.54, 1.807) is 0 Å². The SMILES string of the molecule is Cc1nn(C(C)C)c(C)c1NC(=O)C(C)(C)C. The van der Waals surface area contributed by atoms with E-state index in [2.05, 4.69) is 24.3 Å². The minimum absolute atomic E-state index is 0.0204. The smallest absolute Gasteiger partial charge is 0.229 e. The monoisotopic (exact) mass is 237 g/mol. The van der Waals surface area contributed by atoms with E-state index in [9.17, 15) is 4.79 Å². The van der Waals surface area contributed by atoms with Gasteiger partial charge in [0.25, 0.3) is 0 Å². The molecule has 0 spiro atoms. The van der Waals surface area contributed by atoms with Crippen molar-refractivity contribution in [3.05, 3.63) is 11.4 Å². The molecule has 0 radical (unpaired) electrons. The average Bonchev–Trinajstić information content (AvgIpc) is 2.44. The molecule has 96 valence electrons. The largest absolute Gasteiger partial charge is 0.323 e. The van der Waals surface area contributed by atoms with Gasteiger partial charge in [-0.05, 0) is 27.7 Å². The Morgan fingerprint density at radius 3 is 2.18 bits per heavy atom. The maximum atomic E-state index is 12.0. The number of nitrogens with zero attached hydrogens (tertiary/aromatic N) is 2. The molecular formula is C13H23N3O. The fraction of sp³-hybridized carbons (Fsp3) is 0.692. The van der Waals surface area contributed by atoms with Crippen LogP contribution in [-0.4, -0.2) is 15.7 Å². The van der Waals surface area contributed by atoms with Gasteiger partial charge in [0.05, 0.1) is 17.1 Å². The van der Waals surface area contributed by atoms with Gasteiger partial charge in [-0.25, -0.2) is 0 Å². The summed E-state index contributed by atoms with van der Waals surface area (Å²) in [7, 11) is 0. The van der Waals surface area contributed by atoms with Crippen molar-refractivity contribution in [2.45, 2.75) is 54.5 Å². The lowest BCUT2D eigenvalue weighted by atomic mass is 9.95. The minimum atomic E-state index is -0.390. The zero-order valence-electron chi connectivity index (χ0n) is 11.9. The van der Waals surface area contributed by atoms with Crippen LogP contribution in [0.2, 0.25) is 0 Å². The van der Waals surface area contributed by atoms with E-state index in [1.807, 2.05) is 39.3 Å². The van der Waals surface area contributed by atoms with Gasteiger partial charge in [0.1, 0.15) is 0 Å². The molecular weight excluding hydrogens is 214 g/mol. The van der Waals surface area contributed by atoms with E-state index in [-0.39, 0.29) is 5.91 Å². The number of hydrogen-bond acceptors (Lipinski definition) is 2. The van der Waals surface area contributed by atoms with E-state index in [4.69, 9.17) is 0 Å². The molecule has 1 aromatic heterocycles. The van der Waals surface area contributed by atoms with Gasteiger partial charge in [-0.3, -0.25) is 9.48 Å². The number of nitrogens with one attached hydrogen (secondary N) is 1. The third-order valence-electron chi connectivity index (χ3n) is 2.73. The Labute approximate surface area is 103 Å². The molecule has 0 bridgehead atoms. The molecule has 4 heteroatoms. The molecule has 0 unspecified atom stereocenters. The summed E-state index contributed by atoms with van der Waals surface area (Å²) in [6.07, 6.45) is 0. The van der Waals surface area contributed by atoms with Crippen LogP contribution < -0.4 is 5.32 Å². The third-order valence-corrected chi connectivity index (χ3v) is 2.73. The molecule has 0 fully saturated rings. The molecule has 17 heavy (non-hydrogen) atoms. The van der Waals surface area contributed by atoms with Crippen LogP contribution in [0.1, 0.15) is 52.0 Å². The number of aromatic nitrogens is 2. The Hall–Kier alpha value is -1.32. The fourth-order valence-corrected chi connectivity index (χ4v) is 1.65. The molecule has 1 N–H and O–H groups in total. The van der Waals surface area contributed by atoms with Crippen LogP contribution in [0.25, 0.3) is 0 Å². The van der Waals surface area contributed by atoms with Gasteiger partial charge in [-0.2, -0.15) is 5.10 Å². The Kier molecular flexibility index (Phi) is 3.65. The number of carbonyl (C=O) groups excluding carboxylic acids is 1. The molecule has 0 aliphatic rings. The summed E-state index contributed by atoms with van der Waals surface area (Å²) in [5, 5.41) is 7.42. The second kappa shape index (κ2) is 4.51. The normalized spacial score (nSPS) is 12.0. The fourth-order valence-electron chi connectivity index (χ4n) is 1.65. The van der Waals surface area contributed by atoms with Crippen LogP contribution in [-0.2, 0) is 4.79 Å². The second-order valence-electron chi connectivity index (χ2n) is 5.79. The van der Waals surface area contributed by atoms with Crippen molar-refractivity contribution in [2.75, 3.05) is 5.32 Å². The summed E-state index contributed by atoms with van der Waals surface area (Å²) < 4.78 is 1.94. The highest BCUT2D eigenvalue weighted by Gasteiger charge is 2.24. The first-order valence-corrected chi connectivity index (χ1v) is 6.01. The zero-order chi connectivity index (χ0) is 13.4. The number of amides is 1. The second-order valence-corrected chi connectivity index (χ2v) is 5.79. The Balaban J connectivity index is 3.04. The van der Waals surface area contributed by atoms with Crippen LogP contribution in [0.3, 0.4) is 0 Å². The standard InChI is InChI=1S/C13H23N3O/c1-8(2)16-10(4)11(9(3)15-16)14-12(17)13(5,6)7/h8H,1-7H3,(H,14,17). The van der Waals surface area contributed by atoms with E-state index in [0.717, 1.165) is 17.1 Å². The third kappa shape index (κ3) is 2.87. The van der Waals surface area contributed by atoms with E-state index in [0.29, 0.717) is 6.04 Å². The van der Waals surface area contributed by atoms with Crippen LogP contribution in [0.5, 0.6) is 0 Å². The summed E-state index contributed by atoms with van der Waals surface area (Å²) in [5.41, 5.74) is 2.33. The van der Waals surface area contributed by atoms with Crippen molar-refractivity contribution in [3.63, 3.8) is 0 Å². The van der Waals surface area contributed by atoms with Crippen molar-refractivity contribution in [2.24, 2.45) is 5.41 Å². The van der Waals surface area contributed by atoms with Gasteiger partial charge in [-0.1, -0.05) is 20.8 Å². The summed E-state index contributed by atoms with van der Waals surface area (Å²) in [6.45, 7) is 13.8. The van der Waals surface area contributed by atoms with Gasteiger partial charge in [-0.15, -0.1) is 0 Å². The molecule has 0 aliphatic heterocycles. The summed E-state index contributed by atoms with van der Waals surface area (Å²) in [5.74, 6) is 0.0204. The molecule has 0 aromatic carbocycles. The van der Waals surface area contributed by atoms with Crippen LogP contribution in [0, 0.1) is 19.3 Å². The molecule has 0 aliphatic carbocycles. The predicted octanol–water partition coefficient (Wildman–Crippen LogP) is 3.07. The molecule has 1 amide bonds. The van der Waals surface area contributed by atoms with Crippen molar-refractivity contribution >= 4 is 11.6 Å². The van der Waals surface area contributed by atoms with Crippen LogP contribution in [0.15, 0.2) is 0 Å². The van der Waals surface area contributed by atoms with Gasteiger partial charge in [0, 0.05) is 11.5 Å². The lowest BCUT2D eigenvalue weighted by Gasteiger charge is -2.18. The van der Waals surface area contributed by atoms with E-state index < -0.39 is 5.41 Å². The molecule has 1 rings (SSSR count). The highest BCUT2D eigenvalue weighted by molar-refractivity contribution is 5.95. The maximum Gasteiger partial charge on any atom is 0.229 e. The quantitative estimate of drug-likeness (QED) is 0.859. The van der Waals surface area contributed by atoms with Crippen molar-refractivity contribution in [3.8, 4) is 0 Å². The first-order chi connectivity index (χ1) is 7.64. The number of aryl methyl sites for hydroxylation is 1. The topological polar surface area (TPSA) is 46.9 Å². The molecule has 0 atom stereocenters. The predicted molar refractivity (Wildman–Crippen MR) is 70.2 cm³/mol. The average molecular weight is 237 g/mol. The molecule has 4 nitrogen and oxygen atoms in total. The van der Waals surface area contributed by atoms with Crippen molar-refractivity contribution in [1.29, 1.82) is 0 Å². The number of anilines is 1. The summed E-state index contributed by atoms with van der Waals surface area (Å²) in [4.78, 5) is 12.0. The lowest BCUT2D eigenvalue weighted by Crippen LogP contribution is -2.28. The van der Waals surface area contributed by atoms with Crippen molar-refractivity contribution < 1.29 is 4.79 Å². The Morgan fingerprint density at radius 1 is 1.29 bits per heavy atom. The summed E-state index contributed by atoms with van der Waals surface area (Å²) in [6, 6.07) is 0.300. The van der Waals surface area contributed by atoms with E-state index in [1.165, 1.54) is 0 Å². The Bertz CT molecular complexity index is 425. The zero-order valence-corrected chi connectivity index (χ0v) is 11.9. The van der Waals surface area contributed by atoms with Gasteiger partial charge in [0.2, 0.25) is 5.91 Å². The summed E-state index contributed by atoms with van der Waals surface area (Å²) >= 11 is 0. The van der Waals surface area contributed by atoms with Crippen molar-refractivity contribution in [1.82, 2.24) is 9.78 Å². The van der Waals surface area contributed by atoms with Crippen LogP contribution >= 0.6 is 0 Å². The Morgan fingerprint density at radius 2 is 1.82 bits per heavy atom. The molecule has 1 aromatic rings. The minimum Gasteiger partial charge on any atom is -0.323 e. The van der Waals surface area contributed by atoms with Gasteiger partial charge in [0.15, 0.2) is 0 Å².